The van der Waals surface area contributed by atoms with E-state index in [0.717, 1.165) is 0 Å². The molecule has 0 aromatic heterocycles. The van der Waals surface area contributed by atoms with E-state index < -0.39 is 0 Å². The Kier molecular flexibility index (Phi) is 2.44. The first kappa shape index (κ1) is 12.4. The first-order valence-corrected chi connectivity index (χ1v) is 6.13. The van der Waals surface area contributed by atoms with Crippen molar-refractivity contribution in [1.82, 2.24) is 0 Å². The molecule has 0 saturated carbocycles. The number of rotatable bonds is 0. The fraction of sp³-hybridized carbons (Fsp3) is 0.125. The molecule has 0 radical (unpaired) electrons. The van der Waals surface area contributed by atoms with Crippen molar-refractivity contribution in [3.63, 3.8) is 0 Å². The standard InChI is InChI=1S/C16H10O4/c1-7-8(2)16(20)12-6-10-9(5-11(12)15(7)19)13(17)3-4-14(10)18/h3-6H,1-2H3. The topological polar surface area (TPSA) is 68.3 Å². The average Bonchev–Trinajstić information content (AvgIpc) is 2.45. The van der Waals surface area contributed by atoms with Crippen molar-refractivity contribution in [3.8, 4) is 0 Å². The van der Waals surface area contributed by atoms with Gasteiger partial charge in [0.25, 0.3) is 0 Å². The zero-order valence-corrected chi connectivity index (χ0v) is 10.9. The van der Waals surface area contributed by atoms with Gasteiger partial charge in [0.1, 0.15) is 0 Å². The second-order valence-electron chi connectivity index (χ2n) is 4.91. The highest BCUT2D eigenvalue weighted by Gasteiger charge is 2.13. The summed E-state index contributed by atoms with van der Waals surface area (Å²) in [6.07, 6.45) is 0. The number of hydrogen-bond acceptors (Lipinski definition) is 4. The first-order valence-electron chi connectivity index (χ1n) is 6.13. The van der Waals surface area contributed by atoms with E-state index >= 15 is 0 Å². The van der Waals surface area contributed by atoms with Gasteiger partial charge < -0.3 is 0 Å². The summed E-state index contributed by atoms with van der Waals surface area (Å²) in [5.74, 6) is 0. The van der Waals surface area contributed by atoms with Crippen molar-refractivity contribution >= 4 is 21.5 Å². The van der Waals surface area contributed by atoms with Crippen LogP contribution in [0.5, 0.6) is 0 Å². The molecule has 0 unspecified atom stereocenters. The molecule has 0 saturated heterocycles. The molecule has 3 aromatic carbocycles. The molecule has 20 heavy (non-hydrogen) atoms. The van der Waals surface area contributed by atoms with Crippen LogP contribution in [0.15, 0.2) is 43.4 Å². The number of benzene rings is 3. The minimum Gasteiger partial charge on any atom is -0.289 e. The summed E-state index contributed by atoms with van der Waals surface area (Å²) in [5, 5.41) is 0.774. The van der Waals surface area contributed by atoms with Crippen LogP contribution in [0.3, 0.4) is 0 Å². The third kappa shape index (κ3) is 1.48. The Labute approximate surface area is 112 Å². The largest absolute Gasteiger partial charge is 0.289 e. The quantitative estimate of drug-likeness (QED) is 0.567. The molecule has 0 aliphatic carbocycles. The maximum Gasteiger partial charge on any atom is 0.189 e. The van der Waals surface area contributed by atoms with Crippen molar-refractivity contribution in [2.24, 2.45) is 0 Å². The molecule has 0 aliphatic rings. The molecule has 3 aromatic rings. The monoisotopic (exact) mass is 266 g/mol. The lowest BCUT2D eigenvalue weighted by Crippen LogP contribution is -2.19. The van der Waals surface area contributed by atoms with Crippen LogP contribution in [0.25, 0.3) is 21.5 Å². The fourth-order valence-electron chi connectivity index (χ4n) is 2.46. The third-order valence-electron chi connectivity index (χ3n) is 3.81. The van der Waals surface area contributed by atoms with Crippen LogP contribution in [0.2, 0.25) is 0 Å². The molecule has 0 atom stereocenters. The lowest BCUT2D eigenvalue weighted by molar-refractivity contribution is 1.29. The zero-order chi connectivity index (χ0) is 14.6. The summed E-state index contributed by atoms with van der Waals surface area (Å²) < 4.78 is 0. The second-order valence-corrected chi connectivity index (χ2v) is 4.91. The van der Waals surface area contributed by atoms with Crippen LogP contribution < -0.4 is 21.7 Å². The fourth-order valence-corrected chi connectivity index (χ4v) is 2.46. The molecule has 0 aliphatic heterocycles. The van der Waals surface area contributed by atoms with Gasteiger partial charge >= 0.3 is 0 Å². The Balaban J connectivity index is 2.77. The molecule has 0 fully saturated rings. The van der Waals surface area contributed by atoms with Gasteiger partial charge in [0.05, 0.1) is 0 Å². The highest BCUT2D eigenvalue weighted by molar-refractivity contribution is 5.98. The molecular weight excluding hydrogens is 256 g/mol. The predicted molar refractivity (Wildman–Crippen MR) is 78.4 cm³/mol. The SMILES string of the molecule is Cc1c(C)c(=O)c2cc3c(=O)ccc(=O)c3cc2c1=O. The Morgan fingerprint density at radius 3 is 1.30 bits per heavy atom. The van der Waals surface area contributed by atoms with E-state index in [4.69, 9.17) is 0 Å². The Morgan fingerprint density at radius 2 is 0.950 bits per heavy atom. The summed E-state index contributed by atoms with van der Waals surface area (Å²) in [6, 6.07) is 5.09. The van der Waals surface area contributed by atoms with Crippen LogP contribution in [0.1, 0.15) is 11.1 Å². The van der Waals surface area contributed by atoms with Crippen molar-refractivity contribution in [1.29, 1.82) is 0 Å². The summed E-state index contributed by atoms with van der Waals surface area (Å²) in [6.45, 7) is 3.18. The molecule has 0 bridgehead atoms. The van der Waals surface area contributed by atoms with E-state index in [0.29, 0.717) is 11.1 Å². The smallest absolute Gasteiger partial charge is 0.189 e. The molecule has 98 valence electrons. The molecule has 0 spiro atoms. The van der Waals surface area contributed by atoms with Gasteiger partial charge in [-0.15, -0.1) is 0 Å². The Hall–Kier alpha value is -2.62. The highest BCUT2D eigenvalue weighted by Crippen LogP contribution is 2.15. The molecule has 4 heteroatoms. The molecule has 4 nitrogen and oxygen atoms in total. The van der Waals surface area contributed by atoms with Gasteiger partial charge in [-0.05, 0) is 38.1 Å². The van der Waals surface area contributed by atoms with Crippen molar-refractivity contribution in [3.05, 3.63) is 76.3 Å². The molecule has 0 amide bonds. The highest BCUT2D eigenvalue weighted by atomic mass is 16.1. The maximum absolute atomic E-state index is 12.2. The van der Waals surface area contributed by atoms with Gasteiger partial charge in [0, 0.05) is 32.7 Å². The van der Waals surface area contributed by atoms with E-state index in [9.17, 15) is 19.2 Å². The van der Waals surface area contributed by atoms with Gasteiger partial charge in [0.15, 0.2) is 21.7 Å². The molecule has 0 heterocycles. The lowest BCUT2D eigenvalue weighted by atomic mass is 9.97. The second kappa shape index (κ2) is 3.93. The van der Waals surface area contributed by atoms with E-state index in [1.54, 1.807) is 13.8 Å². The van der Waals surface area contributed by atoms with Gasteiger partial charge in [-0.1, -0.05) is 0 Å². The minimum absolute atomic E-state index is 0.185. The summed E-state index contributed by atoms with van der Waals surface area (Å²) >= 11 is 0. The zero-order valence-electron chi connectivity index (χ0n) is 10.9. The first-order chi connectivity index (χ1) is 9.41. The normalized spacial score (nSPS) is 11.3. The maximum atomic E-state index is 12.2. The average molecular weight is 266 g/mol. The lowest BCUT2D eigenvalue weighted by Gasteiger charge is -2.03. The predicted octanol–water partition coefficient (Wildman–Crippen LogP) is 0.926. The van der Waals surface area contributed by atoms with Crippen LogP contribution in [-0.2, 0) is 0 Å². The number of fused-ring (bicyclic) bond motifs is 2. The minimum atomic E-state index is -0.327. The third-order valence-corrected chi connectivity index (χ3v) is 3.81. The van der Waals surface area contributed by atoms with Crippen LogP contribution in [0.4, 0.5) is 0 Å². The van der Waals surface area contributed by atoms with Gasteiger partial charge in [0.2, 0.25) is 0 Å². The Bertz CT molecular complexity index is 996. The molecule has 3 rings (SSSR count). The van der Waals surface area contributed by atoms with Crippen molar-refractivity contribution in [2.75, 3.05) is 0 Å². The van der Waals surface area contributed by atoms with E-state index in [1.807, 2.05) is 0 Å². The molecule has 0 N–H and O–H groups in total. The van der Waals surface area contributed by atoms with Gasteiger partial charge in [-0.25, -0.2) is 0 Å². The van der Waals surface area contributed by atoms with E-state index in [1.165, 1.54) is 24.3 Å². The van der Waals surface area contributed by atoms with Crippen LogP contribution in [0, 0.1) is 13.8 Å². The summed E-state index contributed by atoms with van der Waals surface area (Å²) in [5.41, 5.74) is -0.428. The Morgan fingerprint density at radius 1 is 0.600 bits per heavy atom. The van der Waals surface area contributed by atoms with E-state index in [-0.39, 0.29) is 43.3 Å². The summed E-state index contributed by atoms with van der Waals surface area (Å²) in [7, 11) is 0. The van der Waals surface area contributed by atoms with Crippen LogP contribution >= 0.6 is 0 Å². The van der Waals surface area contributed by atoms with Gasteiger partial charge in [-0.2, -0.15) is 0 Å². The van der Waals surface area contributed by atoms with Gasteiger partial charge in [-0.3, -0.25) is 19.2 Å². The van der Waals surface area contributed by atoms with Crippen molar-refractivity contribution < 1.29 is 0 Å². The van der Waals surface area contributed by atoms with Crippen LogP contribution in [-0.4, -0.2) is 0 Å². The number of hydrogen-bond donors (Lipinski definition) is 0. The molecular formula is C16H10O4. The summed E-state index contributed by atoms with van der Waals surface area (Å²) in [4.78, 5) is 48.1. The van der Waals surface area contributed by atoms with Crippen molar-refractivity contribution in [2.45, 2.75) is 13.8 Å². The van der Waals surface area contributed by atoms with E-state index in [2.05, 4.69) is 0 Å².